The van der Waals surface area contributed by atoms with E-state index < -0.39 is 0 Å². The highest BCUT2D eigenvalue weighted by atomic mass is 32.1. The largest absolute Gasteiger partial charge is 0.337 e. The minimum absolute atomic E-state index is 0.00636. The number of likely N-dealkylation sites (N-methyl/N-ethyl adjacent to an activating group) is 1. The van der Waals surface area contributed by atoms with Crippen molar-refractivity contribution in [2.75, 3.05) is 39.0 Å². The van der Waals surface area contributed by atoms with Crippen molar-refractivity contribution in [1.29, 1.82) is 0 Å². The summed E-state index contributed by atoms with van der Waals surface area (Å²) in [6.45, 7) is 2.02. The number of carbonyl (C=O) groups excluding carboxylic acids is 3. The summed E-state index contributed by atoms with van der Waals surface area (Å²) >= 11 is 1.32. The number of hydrogen-bond donors (Lipinski definition) is 1. The van der Waals surface area contributed by atoms with Crippen molar-refractivity contribution in [3.63, 3.8) is 0 Å². The van der Waals surface area contributed by atoms with Crippen molar-refractivity contribution in [1.82, 2.24) is 19.7 Å². The molecule has 1 aromatic heterocycles. The van der Waals surface area contributed by atoms with E-state index in [1.165, 1.54) is 17.8 Å². The quantitative estimate of drug-likeness (QED) is 0.456. The van der Waals surface area contributed by atoms with Crippen molar-refractivity contribution in [3.8, 4) is 0 Å². The molecule has 0 atom stereocenters. The Labute approximate surface area is 224 Å². The molecule has 0 saturated heterocycles. The first-order chi connectivity index (χ1) is 17.9. The molecule has 1 aromatic carbocycles. The molecular formula is C28H39N5O3S. The number of thiazole rings is 1. The van der Waals surface area contributed by atoms with Crippen LogP contribution in [0.3, 0.4) is 0 Å². The first kappa shape index (κ1) is 27.3. The standard InChI is InChI=1S/C28H39N5O3S/c1-31(2)15-16-32(18-21-9-5-3-6-10-21)26(35)17-23-20-37-28(29-23)30-25(34)19-33(24-13-14-24)27(36)22-11-7-4-8-12-22/h3,5-6,9-10,20,22,24H,4,7-8,11-19H2,1-2H3,(H,29,30,34). The molecule has 4 rings (SSSR count). The van der Waals surface area contributed by atoms with Gasteiger partial charge in [0.1, 0.15) is 6.54 Å². The van der Waals surface area contributed by atoms with Crippen LogP contribution in [-0.2, 0) is 27.3 Å². The Morgan fingerprint density at radius 1 is 1.00 bits per heavy atom. The summed E-state index contributed by atoms with van der Waals surface area (Å²) in [5.74, 6) is -0.0169. The molecule has 2 saturated carbocycles. The highest BCUT2D eigenvalue weighted by molar-refractivity contribution is 7.13. The van der Waals surface area contributed by atoms with E-state index in [0.717, 1.165) is 50.6 Å². The van der Waals surface area contributed by atoms with Gasteiger partial charge in [0.25, 0.3) is 0 Å². The molecule has 8 nitrogen and oxygen atoms in total. The van der Waals surface area contributed by atoms with Crippen LogP contribution in [0.1, 0.15) is 56.2 Å². The van der Waals surface area contributed by atoms with Crippen LogP contribution in [0.25, 0.3) is 0 Å². The third-order valence-electron chi connectivity index (χ3n) is 7.06. The molecule has 0 radical (unpaired) electrons. The third-order valence-corrected chi connectivity index (χ3v) is 7.86. The van der Waals surface area contributed by atoms with Crippen molar-refractivity contribution < 1.29 is 14.4 Å². The van der Waals surface area contributed by atoms with Gasteiger partial charge in [-0.3, -0.25) is 14.4 Å². The zero-order chi connectivity index (χ0) is 26.2. The number of aromatic nitrogens is 1. The molecule has 9 heteroatoms. The lowest BCUT2D eigenvalue weighted by Crippen LogP contribution is -2.43. The molecule has 2 aromatic rings. The number of hydrogen-bond acceptors (Lipinski definition) is 6. The van der Waals surface area contributed by atoms with E-state index in [0.29, 0.717) is 23.9 Å². The van der Waals surface area contributed by atoms with Crippen LogP contribution in [0, 0.1) is 5.92 Å². The van der Waals surface area contributed by atoms with Gasteiger partial charge in [-0.2, -0.15) is 0 Å². The number of amides is 3. The summed E-state index contributed by atoms with van der Waals surface area (Å²) < 4.78 is 0. The first-order valence-electron chi connectivity index (χ1n) is 13.4. The predicted octanol–water partition coefficient (Wildman–Crippen LogP) is 3.79. The second-order valence-corrected chi connectivity index (χ2v) is 11.4. The molecule has 1 N–H and O–H groups in total. The fourth-order valence-corrected chi connectivity index (χ4v) is 5.53. The van der Waals surface area contributed by atoms with Crippen LogP contribution >= 0.6 is 11.3 Å². The number of nitrogens with one attached hydrogen (secondary N) is 1. The second-order valence-electron chi connectivity index (χ2n) is 10.5. The van der Waals surface area contributed by atoms with Crippen LogP contribution in [0.2, 0.25) is 0 Å². The van der Waals surface area contributed by atoms with Gasteiger partial charge in [0.15, 0.2) is 5.13 Å². The Kier molecular flexibility index (Phi) is 9.68. The van der Waals surface area contributed by atoms with Gasteiger partial charge in [-0.05, 0) is 45.3 Å². The van der Waals surface area contributed by atoms with Gasteiger partial charge in [-0.1, -0.05) is 49.6 Å². The van der Waals surface area contributed by atoms with Crippen molar-refractivity contribution >= 4 is 34.2 Å². The van der Waals surface area contributed by atoms with Crippen LogP contribution < -0.4 is 5.32 Å². The molecule has 37 heavy (non-hydrogen) atoms. The van der Waals surface area contributed by atoms with Crippen molar-refractivity contribution in [2.24, 2.45) is 5.92 Å². The average molecular weight is 526 g/mol. The Hall–Kier alpha value is -2.78. The summed E-state index contributed by atoms with van der Waals surface area (Å²) in [7, 11) is 3.99. The monoisotopic (exact) mass is 525 g/mol. The molecule has 2 aliphatic rings. The SMILES string of the molecule is CN(C)CCN(Cc1ccccc1)C(=O)Cc1csc(NC(=O)CN(C(=O)C2CCCCC2)C2CC2)n1. The van der Waals surface area contributed by atoms with Crippen LogP contribution in [0.5, 0.6) is 0 Å². The topological polar surface area (TPSA) is 85.9 Å². The van der Waals surface area contributed by atoms with Gasteiger partial charge in [-0.25, -0.2) is 4.98 Å². The summed E-state index contributed by atoms with van der Waals surface area (Å²) in [5.41, 5.74) is 1.73. The highest BCUT2D eigenvalue weighted by Crippen LogP contribution is 2.32. The van der Waals surface area contributed by atoms with E-state index >= 15 is 0 Å². The lowest BCUT2D eigenvalue weighted by molar-refractivity contribution is -0.139. The van der Waals surface area contributed by atoms with E-state index in [9.17, 15) is 14.4 Å². The fraction of sp³-hybridized carbons (Fsp3) is 0.571. The average Bonchev–Trinajstić information content (AvgIpc) is 3.65. The maximum absolute atomic E-state index is 13.2. The van der Waals surface area contributed by atoms with E-state index in [1.54, 1.807) is 4.90 Å². The van der Waals surface area contributed by atoms with E-state index in [1.807, 2.05) is 54.7 Å². The maximum Gasteiger partial charge on any atom is 0.245 e. The number of benzene rings is 1. The highest BCUT2D eigenvalue weighted by Gasteiger charge is 2.37. The molecule has 0 bridgehead atoms. The van der Waals surface area contributed by atoms with E-state index in [-0.39, 0.29) is 42.6 Å². The zero-order valence-electron chi connectivity index (χ0n) is 22.0. The van der Waals surface area contributed by atoms with Gasteiger partial charge in [0.05, 0.1) is 12.1 Å². The predicted molar refractivity (Wildman–Crippen MR) is 146 cm³/mol. The number of carbonyl (C=O) groups is 3. The zero-order valence-corrected chi connectivity index (χ0v) is 22.8. The summed E-state index contributed by atoms with van der Waals surface area (Å²) in [5, 5.41) is 5.15. The molecule has 200 valence electrons. The van der Waals surface area contributed by atoms with Gasteiger partial charge in [0.2, 0.25) is 17.7 Å². The van der Waals surface area contributed by atoms with E-state index in [4.69, 9.17) is 0 Å². The smallest absolute Gasteiger partial charge is 0.245 e. The van der Waals surface area contributed by atoms with E-state index in [2.05, 4.69) is 15.2 Å². The molecule has 0 spiro atoms. The molecule has 2 aliphatic carbocycles. The van der Waals surface area contributed by atoms with Crippen molar-refractivity contribution in [2.45, 2.75) is 64.0 Å². The molecular weight excluding hydrogens is 486 g/mol. The maximum atomic E-state index is 13.2. The van der Waals surface area contributed by atoms with Gasteiger partial charge < -0.3 is 20.0 Å². The van der Waals surface area contributed by atoms with Crippen molar-refractivity contribution in [3.05, 3.63) is 47.0 Å². The summed E-state index contributed by atoms with van der Waals surface area (Å²) in [6.07, 6.45) is 7.39. The number of nitrogens with zero attached hydrogens (tertiary/aromatic N) is 4. The normalized spacial score (nSPS) is 16.0. The molecule has 3 amide bonds. The number of rotatable bonds is 12. The first-order valence-corrected chi connectivity index (χ1v) is 14.3. The lowest BCUT2D eigenvalue weighted by Gasteiger charge is -2.28. The van der Waals surface area contributed by atoms with Crippen LogP contribution in [-0.4, -0.2) is 77.2 Å². The third kappa shape index (κ3) is 8.36. The molecule has 1 heterocycles. The number of anilines is 1. The Morgan fingerprint density at radius 2 is 1.73 bits per heavy atom. The molecule has 0 unspecified atom stereocenters. The Balaban J connectivity index is 1.32. The molecule has 0 aliphatic heterocycles. The van der Waals surface area contributed by atoms with Crippen LogP contribution in [0.15, 0.2) is 35.7 Å². The van der Waals surface area contributed by atoms with Gasteiger partial charge in [0, 0.05) is 37.0 Å². The molecule has 2 fully saturated rings. The van der Waals surface area contributed by atoms with Gasteiger partial charge in [-0.15, -0.1) is 11.3 Å². The summed E-state index contributed by atoms with van der Waals surface area (Å²) in [4.78, 5) is 49.3. The Morgan fingerprint density at radius 3 is 2.41 bits per heavy atom. The lowest BCUT2D eigenvalue weighted by atomic mass is 9.88. The van der Waals surface area contributed by atoms with Gasteiger partial charge >= 0.3 is 0 Å². The minimum atomic E-state index is -0.222. The minimum Gasteiger partial charge on any atom is -0.337 e. The summed E-state index contributed by atoms with van der Waals surface area (Å²) in [6, 6.07) is 10.2. The fourth-order valence-electron chi connectivity index (χ4n) is 4.80. The second kappa shape index (κ2) is 13.1. The Bertz CT molecular complexity index is 1050. The van der Waals surface area contributed by atoms with Crippen LogP contribution in [0.4, 0.5) is 5.13 Å².